The number of amides is 2. The number of aromatic amines is 1. The Balaban J connectivity index is 1.84. The van der Waals surface area contributed by atoms with Gasteiger partial charge >= 0.3 is 0 Å². The summed E-state index contributed by atoms with van der Waals surface area (Å²) < 4.78 is 0. The molecule has 0 saturated carbocycles. The highest BCUT2D eigenvalue weighted by atomic mass is 16.2. The Hall–Kier alpha value is -2.63. The molecule has 1 unspecified atom stereocenters. The highest BCUT2D eigenvalue weighted by Crippen LogP contribution is 2.25. The van der Waals surface area contributed by atoms with Gasteiger partial charge in [0.15, 0.2) is 0 Å². The number of nitrogens with two attached hydrogens (primary N) is 1. The normalized spacial score (nSPS) is 18.5. The summed E-state index contributed by atoms with van der Waals surface area (Å²) in [4.78, 5) is 31.9. The van der Waals surface area contributed by atoms with Gasteiger partial charge in [0, 0.05) is 13.0 Å². The van der Waals surface area contributed by atoms with E-state index >= 15 is 0 Å². The van der Waals surface area contributed by atoms with Crippen LogP contribution in [0.25, 0.3) is 11.3 Å². The number of imidazole rings is 1. The smallest absolute Gasteiger partial charge is 0.230 e. The third-order valence-electron chi connectivity index (χ3n) is 3.43. The van der Waals surface area contributed by atoms with Gasteiger partial charge in [-0.15, -0.1) is 0 Å². The van der Waals surface area contributed by atoms with E-state index in [0.717, 1.165) is 11.3 Å². The topological polar surface area (TPSA) is 92.1 Å². The number of nitrogens with zero attached hydrogens (tertiary/aromatic N) is 2. The Morgan fingerprint density at radius 2 is 2.10 bits per heavy atom. The Morgan fingerprint density at radius 3 is 2.75 bits per heavy atom. The second-order valence-corrected chi connectivity index (χ2v) is 4.79. The predicted molar refractivity (Wildman–Crippen MR) is 73.7 cm³/mol. The Bertz CT molecular complexity index is 650. The van der Waals surface area contributed by atoms with Crippen LogP contribution >= 0.6 is 0 Å². The molecule has 1 aromatic carbocycles. The zero-order valence-corrected chi connectivity index (χ0v) is 10.7. The first-order valence-corrected chi connectivity index (χ1v) is 6.35. The van der Waals surface area contributed by atoms with E-state index in [4.69, 9.17) is 5.73 Å². The summed E-state index contributed by atoms with van der Waals surface area (Å²) in [7, 11) is 0. The van der Waals surface area contributed by atoms with Gasteiger partial charge < -0.3 is 10.7 Å². The molecule has 6 nitrogen and oxygen atoms in total. The molecule has 1 fully saturated rings. The van der Waals surface area contributed by atoms with Crippen LogP contribution in [0.15, 0.2) is 36.5 Å². The Morgan fingerprint density at radius 1 is 1.35 bits per heavy atom. The number of benzene rings is 1. The highest BCUT2D eigenvalue weighted by molar-refractivity contribution is 5.99. The first kappa shape index (κ1) is 12.4. The monoisotopic (exact) mass is 270 g/mol. The van der Waals surface area contributed by atoms with Crippen molar-refractivity contribution in [2.45, 2.75) is 6.42 Å². The largest absolute Gasteiger partial charge is 0.369 e. The van der Waals surface area contributed by atoms with Crippen LogP contribution in [0.3, 0.4) is 0 Å². The van der Waals surface area contributed by atoms with E-state index in [1.165, 1.54) is 4.90 Å². The molecule has 1 aliphatic heterocycles. The standard InChI is InChI=1S/C14H14N4O2/c15-13(20)10-6-12(19)18(8-10)14-16-7-11(17-14)9-4-2-1-3-5-9/h1-5,7,10H,6,8H2,(H2,15,20)(H,16,17). The van der Waals surface area contributed by atoms with Crippen molar-refractivity contribution in [3.63, 3.8) is 0 Å². The van der Waals surface area contributed by atoms with Gasteiger partial charge in [-0.2, -0.15) is 0 Å². The maximum absolute atomic E-state index is 11.9. The molecular formula is C14H14N4O2. The SMILES string of the molecule is NC(=O)C1CC(=O)N(c2ncc(-c3ccccc3)[nH]2)C1. The molecule has 1 saturated heterocycles. The predicted octanol–water partition coefficient (Wildman–Crippen LogP) is 0.915. The fourth-order valence-electron chi connectivity index (χ4n) is 2.32. The van der Waals surface area contributed by atoms with E-state index in [1.807, 2.05) is 30.3 Å². The first-order valence-electron chi connectivity index (χ1n) is 6.35. The quantitative estimate of drug-likeness (QED) is 0.868. The molecule has 0 spiro atoms. The van der Waals surface area contributed by atoms with Crippen molar-refractivity contribution < 1.29 is 9.59 Å². The van der Waals surface area contributed by atoms with Crippen molar-refractivity contribution >= 4 is 17.8 Å². The molecule has 0 radical (unpaired) electrons. The van der Waals surface area contributed by atoms with Crippen LogP contribution < -0.4 is 10.6 Å². The molecule has 3 N–H and O–H groups in total. The lowest BCUT2D eigenvalue weighted by atomic mass is 10.1. The third-order valence-corrected chi connectivity index (χ3v) is 3.43. The van der Waals surface area contributed by atoms with Gasteiger partial charge in [-0.05, 0) is 5.56 Å². The Labute approximate surface area is 115 Å². The van der Waals surface area contributed by atoms with Crippen molar-refractivity contribution in [1.29, 1.82) is 0 Å². The molecule has 2 amide bonds. The third kappa shape index (κ3) is 2.16. The van der Waals surface area contributed by atoms with Crippen LogP contribution in [0.4, 0.5) is 5.95 Å². The van der Waals surface area contributed by atoms with Gasteiger partial charge in [-0.3, -0.25) is 14.5 Å². The van der Waals surface area contributed by atoms with Gasteiger partial charge in [-0.25, -0.2) is 4.98 Å². The zero-order chi connectivity index (χ0) is 14.1. The average molecular weight is 270 g/mol. The number of anilines is 1. The fraction of sp³-hybridized carbons (Fsp3) is 0.214. The van der Waals surface area contributed by atoms with Crippen molar-refractivity contribution in [1.82, 2.24) is 9.97 Å². The van der Waals surface area contributed by atoms with E-state index in [2.05, 4.69) is 9.97 Å². The summed E-state index contributed by atoms with van der Waals surface area (Å²) in [5, 5.41) is 0. The second kappa shape index (κ2) is 4.80. The van der Waals surface area contributed by atoms with Crippen molar-refractivity contribution in [2.75, 3.05) is 11.4 Å². The minimum atomic E-state index is -0.448. The van der Waals surface area contributed by atoms with Gasteiger partial charge in [0.2, 0.25) is 17.8 Å². The van der Waals surface area contributed by atoms with E-state index in [-0.39, 0.29) is 18.9 Å². The van der Waals surface area contributed by atoms with Gasteiger partial charge in [-0.1, -0.05) is 30.3 Å². The molecule has 3 rings (SSSR count). The minimum absolute atomic E-state index is 0.136. The zero-order valence-electron chi connectivity index (χ0n) is 10.7. The van der Waals surface area contributed by atoms with Crippen LogP contribution in [0.2, 0.25) is 0 Å². The molecule has 102 valence electrons. The number of carbonyl (C=O) groups excluding carboxylic acids is 2. The van der Waals surface area contributed by atoms with Crippen LogP contribution in [-0.4, -0.2) is 28.3 Å². The molecule has 20 heavy (non-hydrogen) atoms. The fourth-order valence-corrected chi connectivity index (χ4v) is 2.32. The van der Waals surface area contributed by atoms with E-state index < -0.39 is 11.8 Å². The maximum atomic E-state index is 11.9. The number of nitrogens with one attached hydrogen (secondary N) is 1. The lowest BCUT2D eigenvalue weighted by molar-refractivity contribution is -0.123. The number of hydrogen-bond donors (Lipinski definition) is 2. The first-order chi connectivity index (χ1) is 9.65. The summed E-state index contributed by atoms with van der Waals surface area (Å²) >= 11 is 0. The molecule has 0 aliphatic carbocycles. The lowest BCUT2D eigenvalue weighted by Crippen LogP contribution is -2.29. The number of hydrogen-bond acceptors (Lipinski definition) is 3. The number of rotatable bonds is 3. The average Bonchev–Trinajstić information content (AvgIpc) is 3.06. The number of aromatic nitrogens is 2. The molecule has 1 aliphatic rings. The van der Waals surface area contributed by atoms with Crippen LogP contribution in [0.1, 0.15) is 6.42 Å². The summed E-state index contributed by atoms with van der Waals surface area (Å²) in [6.45, 7) is 0.288. The van der Waals surface area contributed by atoms with E-state index in [9.17, 15) is 9.59 Å². The summed E-state index contributed by atoms with van der Waals surface area (Å²) in [6.07, 6.45) is 1.83. The number of carbonyl (C=O) groups is 2. The van der Waals surface area contributed by atoms with Gasteiger partial charge in [0.1, 0.15) is 0 Å². The molecule has 1 atom stereocenters. The minimum Gasteiger partial charge on any atom is -0.369 e. The van der Waals surface area contributed by atoms with Gasteiger partial charge in [0.05, 0.1) is 17.8 Å². The van der Waals surface area contributed by atoms with Crippen molar-refractivity contribution in [3.05, 3.63) is 36.5 Å². The molecule has 1 aromatic heterocycles. The second-order valence-electron chi connectivity index (χ2n) is 4.79. The summed E-state index contributed by atoms with van der Waals surface area (Å²) in [6, 6.07) is 9.70. The number of H-pyrrole nitrogens is 1. The molecular weight excluding hydrogens is 256 g/mol. The van der Waals surface area contributed by atoms with E-state index in [1.54, 1.807) is 6.20 Å². The molecule has 2 aromatic rings. The molecule has 0 bridgehead atoms. The molecule has 6 heteroatoms. The van der Waals surface area contributed by atoms with E-state index in [0.29, 0.717) is 5.95 Å². The summed E-state index contributed by atoms with van der Waals surface area (Å²) in [5.41, 5.74) is 7.07. The van der Waals surface area contributed by atoms with Gasteiger partial charge in [0.25, 0.3) is 0 Å². The molecule has 2 heterocycles. The van der Waals surface area contributed by atoms with Crippen LogP contribution in [-0.2, 0) is 9.59 Å². The maximum Gasteiger partial charge on any atom is 0.230 e. The van der Waals surface area contributed by atoms with Crippen molar-refractivity contribution in [3.8, 4) is 11.3 Å². The Kier molecular flexibility index (Phi) is 2.98. The van der Waals surface area contributed by atoms with Crippen LogP contribution in [0, 0.1) is 5.92 Å². The number of primary amides is 1. The van der Waals surface area contributed by atoms with Crippen LogP contribution in [0.5, 0.6) is 0 Å². The summed E-state index contributed by atoms with van der Waals surface area (Å²) in [5.74, 6) is -0.566. The lowest BCUT2D eigenvalue weighted by Gasteiger charge is -2.12. The van der Waals surface area contributed by atoms with Crippen molar-refractivity contribution in [2.24, 2.45) is 11.7 Å². The highest BCUT2D eigenvalue weighted by Gasteiger charge is 2.35.